The lowest BCUT2D eigenvalue weighted by Gasteiger charge is -2.40. The van der Waals surface area contributed by atoms with Gasteiger partial charge in [0.25, 0.3) is 5.91 Å². The maximum absolute atomic E-state index is 12.8. The Morgan fingerprint density at radius 3 is 2.57 bits per heavy atom. The second kappa shape index (κ2) is 13.3. The first-order valence-electron chi connectivity index (χ1n) is 11.5. The van der Waals surface area contributed by atoms with Crippen LogP contribution >= 0.6 is 23.2 Å². The third-order valence-corrected chi connectivity index (χ3v) is 6.39. The van der Waals surface area contributed by atoms with Crippen LogP contribution in [0.1, 0.15) is 11.8 Å². The number of hydrogen-bond acceptors (Lipinski definition) is 8. The smallest absolute Gasteiger partial charge is 0.378 e. The average molecular weight is 568 g/mol. The van der Waals surface area contributed by atoms with Crippen LogP contribution in [0.2, 0.25) is 10.0 Å². The van der Waals surface area contributed by atoms with Gasteiger partial charge in [0.15, 0.2) is 0 Å². The quantitative estimate of drug-likeness (QED) is 0.273. The van der Waals surface area contributed by atoms with Gasteiger partial charge >= 0.3 is 6.18 Å². The highest BCUT2D eigenvalue weighted by molar-refractivity contribution is 6.34. The maximum atomic E-state index is 12.8. The van der Waals surface area contributed by atoms with Crippen molar-refractivity contribution in [2.75, 3.05) is 47.0 Å². The van der Waals surface area contributed by atoms with E-state index in [1.807, 2.05) is 0 Å². The molecule has 4 atom stereocenters. The van der Waals surface area contributed by atoms with Crippen molar-refractivity contribution >= 4 is 29.1 Å². The minimum absolute atomic E-state index is 0.0995. The highest BCUT2D eigenvalue weighted by Gasteiger charge is 2.40. The first kappa shape index (κ1) is 29.7. The number of ether oxygens (including phenoxy) is 2. The largest absolute Gasteiger partial charge is 0.428 e. The van der Waals surface area contributed by atoms with Gasteiger partial charge in [-0.15, -0.1) is 0 Å². The maximum Gasteiger partial charge on any atom is 0.428 e. The molecule has 206 valence electrons. The van der Waals surface area contributed by atoms with E-state index in [-0.39, 0.29) is 30.7 Å². The first-order valence-corrected chi connectivity index (χ1v) is 12.2. The summed E-state index contributed by atoms with van der Waals surface area (Å²) in [4.78, 5) is 14.8. The monoisotopic (exact) mass is 567 g/mol. The molecule has 0 aliphatic carbocycles. The number of methoxy groups -OCH3 is 1. The fourth-order valence-corrected chi connectivity index (χ4v) is 4.67. The number of benzene rings is 1. The molecule has 1 aromatic rings. The highest BCUT2D eigenvalue weighted by atomic mass is 35.5. The predicted molar refractivity (Wildman–Crippen MR) is 133 cm³/mol. The molecule has 37 heavy (non-hydrogen) atoms. The van der Waals surface area contributed by atoms with Crippen LogP contribution in [0.3, 0.4) is 0 Å². The van der Waals surface area contributed by atoms with E-state index >= 15 is 0 Å². The standard InChI is InChI=1S/C23H30Cl2F3N5O4/c1-29-19(32-22(35)23(26,27)28)13-3-4-18(30-10-13)20(34)31-11-17-12-37-6-5-33(17)21(36-2)14-7-15(24)9-16(25)8-14/h3-4,7-9,17,19,21-22,29-30,32,35H,5-6,10-12H2,1-2H3,(H,31,34). The summed E-state index contributed by atoms with van der Waals surface area (Å²) in [5.74, 6) is -0.384. The van der Waals surface area contributed by atoms with Gasteiger partial charge in [-0.1, -0.05) is 29.3 Å². The van der Waals surface area contributed by atoms with E-state index in [9.17, 15) is 23.1 Å². The van der Waals surface area contributed by atoms with Gasteiger partial charge in [-0.05, 0) is 42.5 Å². The van der Waals surface area contributed by atoms with Crippen LogP contribution in [0.4, 0.5) is 13.2 Å². The Morgan fingerprint density at radius 2 is 2.00 bits per heavy atom. The zero-order chi connectivity index (χ0) is 27.2. The Labute approximate surface area is 222 Å². The normalized spacial score (nSPS) is 21.4. The molecule has 1 aromatic carbocycles. The van der Waals surface area contributed by atoms with E-state index in [2.05, 4.69) is 26.2 Å². The van der Waals surface area contributed by atoms with E-state index in [0.717, 1.165) is 5.56 Å². The van der Waals surface area contributed by atoms with Gasteiger partial charge in [0.2, 0.25) is 6.23 Å². The second-order valence-corrected chi connectivity index (χ2v) is 9.35. The van der Waals surface area contributed by atoms with Gasteiger partial charge in [0.1, 0.15) is 11.9 Å². The molecule has 0 aromatic heterocycles. The number of rotatable bonds is 10. The molecule has 9 nitrogen and oxygen atoms in total. The van der Waals surface area contributed by atoms with Crippen molar-refractivity contribution in [2.45, 2.75) is 30.8 Å². The number of aliphatic hydroxyl groups is 1. The summed E-state index contributed by atoms with van der Waals surface area (Å²) >= 11 is 12.3. The van der Waals surface area contributed by atoms with Crippen LogP contribution in [-0.4, -0.2) is 87.5 Å². The SMILES string of the molecule is CNC(NC(O)C(F)(F)F)C1=CC=C(C(=O)NCC2COCCN2C(OC)c2cc(Cl)cc(Cl)c2)NC1. The molecule has 5 N–H and O–H groups in total. The minimum atomic E-state index is -4.81. The van der Waals surface area contributed by atoms with Crippen LogP contribution in [0.5, 0.6) is 0 Å². The number of aliphatic hydroxyl groups excluding tert-OH is 1. The molecule has 2 heterocycles. The van der Waals surface area contributed by atoms with E-state index < -0.39 is 24.8 Å². The zero-order valence-corrected chi connectivity index (χ0v) is 21.8. The number of halogens is 5. The van der Waals surface area contributed by atoms with Crippen LogP contribution in [0.15, 0.2) is 41.6 Å². The third-order valence-electron chi connectivity index (χ3n) is 5.95. The van der Waals surface area contributed by atoms with Gasteiger partial charge in [-0.3, -0.25) is 15.0 Å². The van der Waals surface area contributed by atoms with Crippen LogP contribution in [0, 0.1) is 0 Å². The number of hydrogen-bond donors (Lipinski definition) is 5. The Kier molecular flexibility index (Phi) is 10.6. The summed E-state index contributed by atoms with van der Waals surface area (Å²) in [6.07, 6.45) is -5.92. The number of carbonyl (C=O) groups excluding carboxylic acids is 1. The van der Waals surface area contributed by atoms with E-state index in [1.165, 1.54) is 19.2 Å². The number of carbonyl (C=O) groups is 1. The number of dihydropyridines is 1. The van der Waals surface area contributed by atoms with Gasteiger partial charge in [-0.25, -0.2) is 0 Å². The second-order valence-electron chi connectivity index (χ2n) is 8.48. The summed E-state index contributed by atoms with van der Waals surface area (Å²) in [6.45, 7) is 1.76. The molecule has 2 aliphatic rings. The topological polar surface area (TPSA) is 107 Å². The van der Waals surface area contributed by atoms with E-state index in [4.69, 9.17) is 32.7 Å². The van der Waals surface area contributed by atoms with Crippen LogP contribution in [0.25, 0.3) is 0 Å². The number of nitrogens with zero attached hydrogens (tertiary/aromatic N) is 1. The van der Waals surface area contributed by atoms with Crippen molar-refractivity contribution in [3.63, 3.8) is 0 Å². The van der Waals surface area contributed by atoms with Crippen LogP contribution in [-0.2, 0) is 14.3 Å². The Hall–Kier alpha value is -1.90. The molecule has 2 aliphatic heterocycles. The van der Waals surface area contributed by atoms with Crippen molar-refractivity contribution in [1.82, 2.24) is 26.2 Å². The molecule has 14 heteroatoms. The lowest BCUT2D eigenvalue weighted by Crippen LogP contribution is -2.54. The molecule has 4 unspecified atom stereocenters. The predicted octanol–water partition coefficient (Wildman–Crippen LogP) is 1.88. The molecule has 0 radical (unpaired) electrons. The molecular weight excluding hydrogens is 538 g/mol. The molecule has 1 saturated heterocycles. The van der Waals surface area contributed by atoms with Gasteiger partial charge in [0.05, 0.1) is 25.4 Å². The summed E-state index contributed by atoms with van der Waals surface area (Å²) < 4.78 is 49.4. The fourth-order valence-electron chi connectivity index (χ4n) is 4.13. The summed E-state index contributed by atoms with van der Waals surface area (Å²) in [5.41, 5.74) is 1.51. The van der Waals surface area contributed by atoms with E-state index in [1.54, 1.807) is 25.3 Å². The molecule has 0 bridgehead atoms. The lowest BCUT2D eigenvalue weighted by atomic mass is 10.1. The van der Waals surface area contributed by atoms with Crippen molar-refractivity contribution in [3.8, 4) is 0 Å². The van der Waals surface area contributed by atoms with Gasteiger partial charge in [0, 0.05) is 36.8 Å². The third kappa shape index (κ3) is 8.04. The van der Waals surface area contributed by atoms with Crippen LogP contribution < -0.4 is 21.3 Å². The summed E-state index contributed by atoms with van der Waals surface area (Å²) in [5, 5.41) is 20.8. The molecule has 0 spiro atoms. The molecule has 0 saturated carbocycles. The van der Waals surface area contributed by atoms with Crippen molar-refractivity contribution in [2.24, 2.45) is 0 Å². The Bertz CT molecular complexity index is 991. The number of alkyl halides is 3. The number of nitrogens with one attached hydrogen (secondary N) is 4. The first-order chi connectivity index (χ1) is 17.5. The lowest BCUT2D eigenvalue weighted by molar-refractivity contribution is -0.215. The van der Waals surface area contributed by atoms with E-state index in [0.29, 0.717) is 35.4 Å². The van der Waals surface area contributed by atoms with Gasteiger partial charge < -0.3 is 30.5 Å². The highest BCUT2D eigenvalue weighted by Crippen LogP contribution is 2.30. The van der Waals surface area contributed by atoms with Gasteiger partial charge in [-0.2, -0.15) is 13.2 Å². The van der Waals surface area contributed by atoms with Crippen molar-refractivity contribution in [3.05, 3.63) is 57.2 Å². The minimum Gasteiger partial charge on any atom is -0.378 e. The summed E-state index contributed by atoms with van der Waals surface area (Å²) in [7, 11) is 3.03. The van der Waals surface area contributed by atoms with Crippen molar-refractivity contribution < 1.29 is 32.5 Å². The van der Waals surface area contributed by atoms with Crippen molar-refractivity contribution in [1.29, 1.82) is 0 Å². The zero-order valence-electron chi connectivity index (χ0n) is 20.2. The fraction of sp³-hybridized carbons (Fsp3) is 0.522. The average Bonchev–Trinajstić information content (AvgIpc) is 2.85. The summed E-state index contributed by atoms with van der Waals surface area (Å²) in [6, 6.07) is 4.97. The molecule has 3 rings (SSSR count). The number of morpholine rings is 1. The number of amides is 1. The number of allylic oxidation sites excluding steroid dienone is 2. The Morgan fingerprint density at radius 1 is 1.30 bits per heavy atom. The molecule has 1 amide bonds. The number of likely N-dealkylation sites (N-methyl/N-ethyl adjacent to an activating group) is 1. The Balaban J connectivity index is 1.63. The molecular formula is C23H30Cl2F3N5O4. The molecule has 1 fully saturated rings.